The minimum atomic E-state index is 0.143. The van der Waals surface area contributed by atoms with Crippen LogP contribution in [0.2, 0.25) is 0 Å². The zero-order valence-corrected chi connectivity index (χ0v) is 17.3. The molecule has 0 unspecified atom stereocenters. The molecule has 0 spiro atoms. The molecule has 2 aliphatic rings. The van der Waals surface area contributed by atoms with Gasteiger partial charge in [-0.05, 0) is 67.9 Å². The predicted molar refractivity (Wildman–Crippen MR) is 117 cm³/mol. The summed E-state index contributed by atoms with van der Waals surface area (Å²) in [6.45, 7) is 6.59. The van der Waals surface area contributed by atoms with Crippen molar-refractivity contribution in [2.45, 2.75) is 25.8 Å². The topological polar surface area (TPSA) is 36.0 Å². The zero-order chi connectivity index (χ0) is 20.1. The molecule has 0 atom stereocenters. The van der Waals surface area contributed by atoms with E-state index in [4.69, 9.17) is 4.74 Å². The molecule has 2 aromatic rings. The summed E-state index contributed by atoms with van der Waals surface area (Å²) in [6, 6.07) is 16.4. The minimum Gasteiger partial charge on any atom is -0.497 e. The molecular formula is C24H31N3O2. The third kappa shape index (κ3) is 4.91. The summed E-state index contributed by atoms with van der Waals surface area (Å²) in [7, 11) is 1.68. The third-order valence-electron chi connectivity index (χ3n) is 6.06. The number of ether oxygens (including phenoxy) is 1. The van der Waals surface area contributed by atoms with Gasteiger partial charge in [-0.2, -0.15) is 0 Å². The highest BCUT2D eigenvalue weighted by Crippen LogP contribution is 2.21. The van der Waals surface area contributed by atoms with Crippen LogP contribution in [-0.4, -0.2) is 62.1 Å². The molecular weight excluding hydrogens is 362 g/mol. The van der Waals surface area contributed by atoms with Crippen LogP contribution in [0, 0.1) is 0 Å². The number of anilines is 1. The van der Waals surface area contributed by atoms with Gasteiger partial charge in [-0.15, -0.1) is 0 Å². The molecule has 2 saturated heterocycles. The van der Waals surface area contributed by atoms with Crippen molar-refractivity contribution in [3.8, 4) is 5.75 Å². The van der Waals surface area contributed by atoms with E-state index in [9.17, 15) is 4.79 Å². The van der Waals surface area contributed by atoms with Crippen LogP contribution in [0.3, 0.4) is 0 Å². The van der Waals surface area contributed by atoms with Crippen LogP contribution in [0.5, 0.6) is 5.75 Å². The summed E-state index contributed by atoms with van der Waals surface area (Å²) in [5, 5.41) is 0. The van der Waals surface area contributed by atoms with Crippen LogP contribution in [-0.2, 0) is 6.54 Å². The van der Waals surface area contributed by atoms with Crippen molar-refractivity contribution in [1.82, 2.24) is 9.80 Å². The second kappa shape index (κ2) is 9.31. The average Bonchev–Trinajstić information content (AvgIpc) is 2.80. The van der Waals surface area contributed by atoms with E-state index in [1.165, 1.54) is 43.6 Å². The molecule has 5 nitrogen and oxygen atoms in total. The standard InChI is InChI=1S/C24H31N3O2/c1-29-23-11-9-22(10-12-23)26-15-17-27(18-16-26)24(28)21-7-5-20(6-8-21)19-25-13-3-2-4-14-25/h5-12H,2-4,13-19H2,1H3. The Bertz CT molecular complexity index is 790. The van der Waals surface area contributed by atoms with Gasteiger partial charge < -0.3 is 14.5 Å². The average molecular weight is 394 g/mol. The van der Waals surface area contributed by atoms with Gasteiger partial charge in [-0.3, -0.25) is 9.69 Å². The number of hydrogen-bond acceptors (Lipinski definition) is 4. The van der Waals surface area contributed by atoms with Gasteiger partial charge in [-0.1, -0.05) is 18.6 Å². The fourth-order valence-corrected chi connectivity index (χ4v) is 4.27. The smallest absolute Gasteiger partial charge is 0.253 e. The number of carbonyl (C=O) groups is 1. The molecule has 5 heteroatoms. The Morgan fingerprint density at radius 3 is 2.10 bits per heavy atom. The second-order valence-corrected chi connectivity index (χ2v) is 8.01. The predicted octanol–water partition coefficient (Wildman–Crippen LogP) is 3.64. The first-order valence-corrected chi connectivity index (χ1v) is 10.7. The van der Waals surface area contributed by atoms with Gasteiger partial charge in [0.25, 0.3) is 5.91 Å². The van der Waals surface area contributed by atoms with Crippen LogP contribution in [0.15, 0.2) is 48.5 Å². The van der Waals surface area contributed by atoms with Crippen molar-refractivity contribution in [3.63, 3.8) is 0 Å². The normalized spacial score (nSPS) is 18.0. The summed E-state index contributed by atoms with van der Waals surface area (Å²) >= 11 is 0. The maximum Gasteiger partial charge on any atom is 0.253 e. The van der Waals surface area contributed by atoms with Gasteiger partial charge in [-0.25, -0.2) is 0 Å². The van der Waals surface area contributed by atoms with E-state index in [0.29, 0.717) is 0 Å². The molecule has 2 fully saturated rings. The highest BCUT2D eigenvalue weighted by atomic mass is 16.5. The lowest BCUT2D eigenvalue weighted by Crippen LogP contribution is -2.48. The van der Waals surface area contributed by atoms with E-state index in [1.807, 2.05) is 29.2 Å². The number of piperazine rings is 1. The van der Waals surface area contributed by atoms with E-state index < -0.39 is 0 Å². The highest BCUT2D eigenvalue weighted by molar-refractivity contribution is 5.94. The first-order chi connectivity index (χ1) is 14.2. The van der Waals surface area contributed by atoms with Crippen molar-refractivity contribution < 1.29 is 9.53 Å². The molecule has 0 saturated carbocycles. The Hall–Kier alpha value is -2.53. The largest absolute Gasteiger partial charge is 0.497 e. The number of nitrogens with zero attached hydrogens (tertiary/aromatic N) is 3. The Kier molecular flexibility index (Phi) is 6.35. The first kappa shape index (κ1) is 19.8. The lowest BCUT2D eigenvalue weighted by Gasteiger charge is -2.36. The number of carbonyl (C=O) groups excluding carboxylic acids is 1. The third-order valence-corrected chi connectivity index (χ3v) is 6.06. The zero-order valence-electron chi connectivity index (χ0n) is 17.3. The van der Waals surface area contributed by atoms with Crippen LogP contribution in [0.25, 0.3) is 0 Å². The number of rotatable bonds is 5. The maximum absolute atomic E-state index is 12.9. The van der Waals surface area contributed by atoms with E-state index in [1.54, 1.807) is 7.11 Å². The molecule has 2 aromatic carbocycles. The number of methoxy groups -OCH3 is 1. The Labute approximate surface area is 173 Å². The molecule has 1 amide bonds. The van der Waals surface area contributed by atoms with Gasteiger partial charge in [0, 0.05) is 44.0 Å². The SMILES string of the molecule is COc1ccc(N2CCN(C(=O)c3ccc(CN4CCCCC4)cc3)CC2)cc1. The van der Waals surface area contributed by atoms with E-state index in [-0.39, 0.29) is 5.91 Å². The van der Waals surface area contributed by atoms with Crippen LogP contribution >= 0.6 is 0 Å². The van der Waals surface area contributed by atoms with Crippen molar-refractivity contribution in [3.05, 3.63) is 59.7 Å². The number of amides is 1. The Morgan fingerprint density at radius 1 is 0.828 bits per heavy atom. The quantitative estimate of drug-likeness (QED) is 0.777. The molecule has 2 aliphatic heterocycles. The fourth-order valence-electron chi connectivity index (χ4n) is 4.27. The molecule has 0 N–H and O–H groups in total. The van der Waals surface area contributed by atoms with E-state index >= 15 is 0 Å². The summed E-state index contributed by atoms with van der Waals surface area (Å²) in [5.74, 6) is 1.01. The van der Waals surface area contributed by atoms with Gasteiger partial charge in [0.05, 0.1) is 7.11 Å². The number of likely N-dealkylation sites (tertiary alicyclic amines) is 1. The van der Waals surface area contributed by atoms with Gasteiger partial charge in [0.15, 0.2) is 0 Å². The molecule has 0 radical (unpaired) electrons. The lowest BCUT2D eigenvalue weighted by molar-refractivity contribution is 0.0747. The van der Waals surface area contributed by atoms with Crippen molar-refractivity contribution in [2.75, 3.05) is 51.3 Å². The number of benzene rings is 2. The van der Waals surface area contributed by atoms with Crippen LogP contribution in [0.4, 0.5) is 5.69 Å². The van der Waals surface area contributed by atoms with E-state index in [0.717, 1.165) is 44.0 Å². The highest BCUT2D eigenvalue weighted by Gasteiger charge is 2.22. The summed E-state index contributed by atoms with van der Waals surface area (Å²) in [5.41, 5.74) is 3.28. The molecule has 0 aliphatic carbocycles. The van der Waals surface area contributed by atoms with Crippen molar-refractivity contribution in [1.29, 1.82) is 0 Å². The molecule has 4 rings (SSSR count). The van der Waals surface area contributed by atoms with Gasteiger partial charge >= 0.3 is 0 Å². The van der Waals surface area contributed by atoms with E-state index in [2.05, 4.69) is 34.1 Å². The minimum absolute atomic E-state index is 0.143. The summed E-state index contributed by atoms with van der Waals surface area (Å²) in [4.78, 5) is 19.7. The van der Waals surface area contributed by atoms with Crippen LogP contribution in [0.1, 0.15) is 35.2 Å². The lowest BCUT2D eigenvalue weighted by atomic mass is 10.1. The molecule has 0 bridgehead atoms. The molecule has 29 heavy (non-hydrogen) atoms. The number of hydrogen-bond donors (Lipinski definition) is 0. The van der Waals surface area contributed by atoms with Gasteiger partial charge in [0.1, 0.15) is 5.75 Å². The summed E-state index contributed by atoms with van der Waals surface area (Å²) in [6.07, 6.45) is 3.97. The number of piperidine rings is 1. The van der Waals surface area contributed by atoms with Gasteiger partial charge in [0.2, 0.25) is 0 Å². The molecule has 2 heterocycles. The fraction of sp³-hybridized carbons (Fsp3) is 0.458. The Balaban J connectivity index is 1.30. The molecule has 0 aromatic heterocycles. The second-order valence-electron chi connectivity index (χ2n) is 8.01. The molecule has 154 valence electrons. The maximum atomic E-state index is 12.9. The monoisotopic (exact) mass is 393 g/mol. The van der Waals surface area contributed by atoms with Crippen LogP contribution < -0.4 is 9.64 Å². The van der Waals surface area contributed by atoms with Crippen molar-refractivity contribution >= 4 is 11.6 Å². The first-order valence-electron chi connectivity index (χ1n) is 10.7. The Morgan fingerprint density at radius 2 is 1.48 bits per heavy atom. The van der Waals surface area contributed by atoms with Crippen molar-refractivity contribution in [2.24, 2.45) is 0 Å². The summed E-state index contributed by atoms with van der Waals surface area (Å²) < 4.78 is 5.23.